The van der Waals surface area contributed by atoms with Gasteiger partial charge >= 0.3 is 0 Å². The largest absolute Gasteiger partial charge is 0.378 e. The average molecular weight is 282 g/mol. The first-order valence-electron chi connectivity index (χ1n) is 6.69. The third-order valence-corrected chi connectivity index (χ3v) is 3.25. The van der Waals surface area contributed by atoms with Crippen molar-refractivity contribution in [2.24, 2.45) is 0 Å². The van der Waals surface area contributed by atoms with Crippen molar-refractivity contribution in [2.45, 2.75) is 13.0 Å². The summed E-state index contributed by atoms with van der Waals surface area (Å²) in [6.45, 7) is 1.97. The topological polar surface area (TPSA) is 42.7 Å². The maximum absolute atomic E-state index is 13.2. The lowest BCUT2D eigenvalue weighted by atomic mass is 10.1. The van der Waals surface area contributed by atoms with Gasteiger partial charge in [-0.2, -0.15) is 5.10 Å². The quantitative estimate of drug-likeness (QED) is 0.795. The molecule has 0 aliphatic rings. The monoisotopic (exact) mass is 282 g/mol. The lowest BCUT2D eigenvalue weighted by Crippen LogP contribution is -2.07. The highest BCUT2D eigenvalue weighted by atomic mass is 19.1. The third kappa shape index (κ3) is 3.08. The Bertz CT molecular complexity index is 707. The molecule has 0 fully saturated rings. The Morgan fingerprint density at radius 2 is 2.00 bits per heavy atom. The summed E-state index contributed by atoms with van der Waals surface area (Å²) in [6, 6.07) is 11.2. The minimum absolute atomic E-state index is 0.0243. The molecule has 106 valence electrons. The van der Waals surface area contributed by atoms with E-state index in [-0.39, 0.29) is 11.9 Å². The van der Waals surface area contributed by atoms with Crippen LogP contribution in [0.3, 0.4) is 0 Å². The molecule has 4 nitrogen and oxygen atoms in total. The van der Waals surface area contributed by atoms with E-state index in [1.807, 2.05) is 43.5 Å². The van der Waals surface area contributed by atoms with Gasteiger partial charge in [0.05, 0.1) is 17.9 Å². The molecule has 0 amide bonds. The molecule has 2 heterocycles. The van der Waals surface area contributed by atoms with Crippen LogP contribution in [0.25, 0.3) is 5.69 Å². The molecule has 0 aliphatic heterocycles. The zero-order chi connectivity index (χ0) is 14.7. The van der Waals surface area contributed by atoms with Gasteiger partial charge in [-0.25, -0.2) is 9.07 Å². The van der Waals surface area contributed by atoms with Crippen molar-refractivity contribution >= 4 is 5.69 Å². The number of halogens is 1. The summed E-state index contributed by atoms with van der Waals surface area (Å²) in [5.74, 6) is -0.324. The maximum Gasteiger partial charge on any atom is 0.141 e. The van der Waals surface area contributed by atoms with Crippen molar-refractivity contribution < 1.29 is 4.39 Å². The molecule has 1 atom stereocenters. The van der Waals surface area contributed by atoms with Gasteiger partial charge in [0.15, 0.2) is 0 Å². The summed E-state index contributed by atoms with van der Waals surface area (Å²) in [7, 11) is 0. The molecule has 5 heteroatoms. The van der Waals surface area contributed by atoms with Crippen molar-refractivity contribution in [1.82, 2.24) is 14.8 Å². The van der Waals surface area contributed by atoms with E-state index in [2.05, 4.69) is 15.4 Å². The van der Waals surface area contributed by atoms with E-state index in [0.29, 0.717) is 0 Å². The summed E-state index contributed by atoms with van der Waals surface area (Å²) in [4.78, 5) is 3.87. The highest BCUT2D eigenvalue weighted by Gasteiger charge is 2.07. The normalized spacial score (nSPS) is 12.1. The minimum atomic E-state index is -0.324. The van der Waals surface area contributed by atoms with E-state index < -0.39 is 0 Å². The van der Waals surface area contributed by atoms with Crippen LogP contribution in [0, 0.1) is 5.82 Å². The number of hydrogen-bond donors (Lipinski definition) is 1. The molecule has 0 aliphatic carbocycles. The molecule has 3 aromatic rings. The van der Waals surface area contributed by atoms with Crippen LogP contribution in [-0.2, 0) is 0 Å². The van der Waals surface area contributed by atoms with Crippen LogP contribution in [0.1, 0.15) is 18.5 Å². The van der Waals surface area contributed by atoms with Gasteiger partial charge in [0, 0.05) is 24.3 Å². The molecule has 0 bridgehead atoms. The van der Waals surface area contributed by atoms with Gasteiger partial charge in [-0.3, -0.25) is 4.98 Å². The van der Waals surface area contributed by atoms with E-state index in [4.69, 9.17) is 0 Å². The summed E-state index contributed by atoms with van der Waals surface area (Å²) < 4.78 is 15.0. The Labute approximate surface area is 122 Å². The van der Waals surface area contributed by atoms with Crippen molar-refractivity contribution in [3.05, 3.63) is 72.6 Å². The molecule has 1 aromatic carbocycles. The number of nitrogens with zero attached hydrogens (tertiary/aromatic N) is 3. The predicted octanol–water partition coefficient (Wildman–Crippen LogP) is 3.58. The first-order valence-corrected chi connectivity index (χ1v) is 6.69. The van der Waals surface area contributed by atoms with Crippen LogP contribution >= 0.6 is 0 Å². The van der Waals surface area contributed by atoms with Gasteiger partial charge in [0.25, 0.3) is 0 Å². The lowest BCUT2D eigenvalue weighted by Gasteiger charge is -2.15. The van der Waals surface area contributed by atoms with E-state index in [1.165, 1.54) is 12.3 Å². The molecule has 0 saturated heterocycles. The number of pyridine rings is 1. The zero-order valence-electron chi connectivity index (χ0n) is 11.6. The van der Waals surface area contributed by atoms with Gasteiger partial charge in [-0.05, 0) is 48.9 Å². The smallest absolute Gasteiger partial charge is 0.141 e. The van der Waals surface area contributed by atoms with Crippen LogP contribution in [0.2, 0.25) is 0 Å². The van der Waals surface area contributed by atoms with Crippen LogP contribution in [0.15, 0.2) is 61.2 Å². The lowest BCUT2D eigenvalue weighted by molar-refractivity contribution is 0.616. The number of rotatable bonds is 4. The summed E-state index contributed by atoms with van der Waals surface area (Å²) >= 11 is 0. The third-order valence-electron chi connectivity index (χ3n) is 3.25. The fourth-order valence-electron chi connectivity index (χ4n) is 2.13. The SMILES string of the molecule is CC(Nc1ccc(-n2cccn2)cc1)c1cncc(F)c1. The molecular formula is C16H15FN4. The molecule has 21 heavy (non-hydrogen) atoms. The maximum atomic E-state index is 13.2. The van der Waals surface area contributed by atoms with Crippen molar-refractivity contribution in [3.63, 3.8) is 0 Å². The first-order chi connectivity index (χ1) is 10.2. The standard InChI is InChI=1S/C16H15FN4/c1-12(13-9-14(17)11-18-10-13)20-15-3-5-16(6-4-15)21-8-2-7-19-21/h2-12,20H,1H3. The number of nitrogens with one attached hydrogen (secondary N) is 1. The van der Waals surface area contributed by atoms with Gasteiger partial charge in [0.2, 0.25) is 0 Å². The Morgan fingerprint density at radius 1 is 1.19 bits per heavy atom. The Balaban J connectivity index is 1.73. The van der Waals surface area contributed by atoms with Crippen LogP contribution in [0.5, 0.6) is 0 Å². The zero-order valence-corrected chi connectivity index (χ0v) is 11.6. The van der Waals surface area contributed by atoms with Gasteiger partial charge in [-0.15, -0.1) is 0 Å². The number of benzene rings is 1. The van der Waals surface area contributed by atoms with Crippen LogP contribution in [0.4, 0.5) is 10.1 Å². The fraction of sp³-hybridized carbons (Fsp3) is 0.125. The van der Waals surface area contributed by atoms with Gasteiger partial charge < -0.3 is 5.32 Å². The molecule has 0 saturated carbocycles. The second-order valence-electron chi connectivity index (χ2n) is 4.80. The Hall–Kier alpha value is -2.69. The van der Waals surface area contributed by atoms with E-state index in [0.717, 1.165) is 16.9 Å². The molecule has 2 aromatic heterocycles. The van der Waals surface area contributed by atoms with E-state index >= 15 is 0 Å². The van der Waals surface area contributed by atoms with Crippen molar-refractivity contribution in [1.29, 1.82) is 0 Å². The Kier molecular flexibility index (Phi) is 3.64. The van der Waals surface area contributed by atoms with E-state index in [1.54, 1.807) is 17.1 Å². The highest BCUT2D eigenvalue weighted by Crippen LogP contribution is 2.20. The highest BCUT2D eigenvalue weighted by molar-refractivity contribution is 5.49. The van der Waals surface area contributed by atoms with Gasteiger partial charge in [0.1, 0.15) is 5.82 Å². The molecule has 1 N–H and O–H groups in total. The molecule has 0 spiro atoms. The minimum Gasteiger partial charge on any atom is -0.378 e. The van der Waals surface area contributed by atoms with Crippen molar-refractivity contribution in [3.8, 4) is 5.69 Å². The van der Waals surface area contributed by atoms with Crippen LogP contribution in [-0.4, -0.2) is 14.8 Å². The summed E-state index contributed by atoms with van der Waals surface area (Å²) in [5, 5.41) is 7.50. The number of anilines is 1. The molecule has 0 radical (unpaired) electrons. The summed E-state index contributed by atoms with van der Waals surface area (Å²) in [5.41, 5.74) is 2.76. The molecule has 3 rings (SSSR count). The van der Waals surface area contributed by atoms with Crippen molar-refractivity contribution in [2.75, 3.05) is 5.32 Å². The number of aromatic nitrogens is 3. The first kappa shape index (κ1) is 13.3. The second-order valence-corrected chi connectivity index (χ2v) is 4.80. The van der Waals surface area contributed by atoms with Crippen LogP contribution < -0.4 is 5.32 Å². The van der Waals surface area contributed by atoms with Gasteiger partial charge in [-0.1, -0.05) is 0 Å². The predicted molar refractivity (Wildman–Crippen MR) is 79.8 cm³/mol. The molecular weight excluding hydrogens is 267 g/mol. The average Bonchev–Trinajstić information content (AvgIpc) is 3.02. The Morgan fingerprint density at radius 3 is 2.67 bits per heavy atom. The second kappa shape index (κ2) is 5.75. The van der Waals surface area contributed by atoms with E-state index in [9.17, 15) is 4.39 Å². The summed E-state index contributed by atoms with van der Waals surface area (Å²) in [6.07, 6.45) is 6.50. The fourth-order valence-corrected chi connectivity index (χ4v) is 2.13. The molecule has 1 unspecified atom stereocenters. The number of hydrogen-bond acceptors (Lipinski definition) is 3.